The van der Waals surface area contributed by atoms with E-state index >= 15 is 0 Å². The van der Waals surface area contributed by atoms with Crippen LogP contribution in [0.5, 0.6) is 0 Å². The third-order valence-electron chi connectivity index (χ3n) is 3.69. The molecule has 1 fully saturated rings. The van der Waals surface area contributed by atoms with E-state index in [9.17, 15) is 0 Å². The molecule has 1 aromatic carbocycles. The highest BCUT2D eigenvalue weighted by Crippen LogP contribution is 2.20. The van der Waals surface area contributed by atoms with Crippen LogP contribution in [0.4, 0.5) is 5.69 Å². The average Bonchev–Trinajstić information content (AvgIpc) is 2.34. The molecule has 1 aliphatic rings. The van der Waals surface area contributed by atoms with Crippen LogP contribution >= 0.6 is 0 Å². The lowest BCUT2D eigenvalue weighted by Gasteiger charge is -2.35. The fourth-order valence-electron chi connectivity index (χ4n) is 2.42. The van der Waals surface area contributed by atoms with E-state index in [0.717, 1.165) is 17.8 Å². The molecule has 17 heavy (non-hydrogen) atoms. The van der Waals surface area contributed by atoms with Gasteiger partial charge in [-0.2, -0.15) is 0 Å². The molecule has 1 heterocycles. The second kappa shape index (κ2) is 5.52. The van der Waals surface area contributed by atoms with E-state index < -0.39 is 0 Å². The standard InChI is InChI=1S/C14H22N2O/c1-11-8-14(6-7-16(11)2)15-13-5-3-4-12(9-13)10-17/h3-5,9,11,14-15,17H,6-8,10H2,1-2H3. The lowest BCUT2D eigenvalue weighted by Crippen LogP contribution is -2.42. The first-order valence-corrected chi connectivity index (χ1v) is 6.35. The Hall–Kier alpha value is -1.06. The summed E-state index contributed by atoms with van der Waals surface area (Å²) in [5, 5.41) is 12.7. The molecule has 0 bridgehead atoms. The third kappa shape index (κ3) is 3.20. The lowest BCUT2D eigenvalue weighted by molar-refractivity contribution is 0.190. The summed E-state index contributed by atoms with van der Waals surface area (Å²) in [7, 11) is 2.19. The zero-order valence-corrected chi connectivity index (χ0v) is 10.7. The first kappa shape index (κ1) is 12.4. The Morgan fingerprint density at radius 3 is 3.00 bits per heavy atom. The molecule has 2 rings (SSSR count). The van der Waals surface area contributed by atoms with Gasteiger partial charge in [0, 0.05) is 24.3 Å². The fraction of sp³-hybridized carbons (Fsp3) is 0.571. The number of anilines is 1. The van der Waals surface area contributed by atoms with E-state index in [1.807, 2.05) is 18.2 Å². The number of benzene rings is 1. The molecule has 94 valence electrons. The molecule has 1 saturated heterocycles. The molecule has 0 radical (unpaired) electrons. The van der Waals surface area contributed by atoms with Gasteiger partial charge in [0.1, 0.15) is 0 Å². The Labute approximate surface area is 103 Å². The van der Waals surface area contributed by atoms with Crippen molar-refractivity contribution in [2.24, 2.45) is 0 Å². The minimum absolute atomic E-state index is 0.110. The van der Waals surface area contributed by atoms with Crippen LogP contribution < -0.4 is 5.32 Å². The SMILES string of the molecule is CC1CC(Nc2cccc(CO)c2)CCN1C. The summed E-state index contributed by atoms with van der Waals surface area (Å²) >= 11 is 0. The topological polar surface area (TPSA) is 35.5 Å². The molecule has 3 nitrogen and oxygen atoms in total. The van der Waals surface area contributed by atoms with Crippen molar-refractivity contribution in [2.75, 3.05) is 18.9 Å². The van der Waals surface area contributed by atoms with E-state index in [-0.39, 0.29) is 6.61 Å². The summed E-state index contributed by atoms with van der Waals surface area (Å²) in [5.41, 5.74) is 2.09. The maximum atomic E-state index is 9.11. The fourth-order valence-corrected chi connectivity index (χ4v) is 2.42. The maximum absolute atomic E-state index is 9.11. The van der Waals surface area contributed by atoms with Gasteiger partial charge in [0.25, 0.3) is 0 Å². The first-order valence-electron chi connectivity index (χ1n) is 6.35. The van der Waals surface area contributed by atoms with Gasteiger partial charge in [-0.1, -0.05) is 12.1 Å². The minimum Gasteiger partial charge on any atom is -0.392 e. The largest absolute Gasteiger partial charge is 0.392 e. The second-order valence-corrected chi connectivity index (χ2v) is 5.05. The van der Waals surface area contributed by atoms with Gasteiger partial charge >= 0.3 is 0 Å². The Balaban J connectivity index is 1.96. The van der Waals surface area contributed by atoms with Crippen molar-refractivity contribution in [2.45, 2.75) is 38.5 Å². The van der Waals surface area contributed by atoms with Gasteiger partial charge in [0.05, 0.1) is 6.61 Å². The van der Waals surface area contributed by atoms with Crippen LogP contribution in [0, 0.1) is 0 Å². The van der Waals surface area contributed by atoms with Gasteiger partial charge in [0.2, 0.25) is 0 Å². The summed E-state index contributed by atoms with van der Waals surface area (Å²) in [6, 6.07) is 9.23. The number of hydrogen-bond acceptors (Lipinski definition) is 3. The molecule has 0 spiro atoms. The van der Waals surface area contributed by atoms with Gasteiger partial charge in [0.15, 0.2) is 0 Å². The molecule has 2 atom stereocenters. The molecule has 0 aromatic heterocycles. The number of piperidine rings is 1. The van der Waals surface area contributed by atoms with Gasteiger partial charge in [-0.3, -0.25) is 0 Å². The number of likely N-dealkylation sites (tertiary alicyclic amines) is 1. The summed E-state index contributed by atoms with van der Waals surface area (Å²) in [6.45, 7) is 3.54. The average molecular weight is 234 g/mol. The van der Waals surface area contributed by atoms with Gasteiger partial charge < -0.3 is 15.3 Å². The molecule has 2 unspecified atom stereocenters. The monoisotopic (exact) mass is 234 g/mol. The van der Waals surface area contributed by atoms with Crippen molar-refractivity contribution in [3.8, 4) is 0 Å². The summed E-state index contributed by atoms with van der Waals surface area (Å²) in [5.74, 6) is 0. The predicted octanol–water partition coefficient (Wildman–Crippen LogP) is 2.07. The van der Waals surface area contributed by atoms with Crippen LogP contribution in [0.25, 0.3) is 0 Å². The van der Waals surface area contributed by atoms with Gasteiger partial charge in [-0.15, -0.1) is 0 Å². The summed E-state index contributed by atoms with van der Waals surface area (Å²) in [6.07, 6.45) is 2.37. The predicted molar refractivity (Wildman–Crippen MR) is 71.1 cm³/mol. The molecular weight excluding hydrogens is 212 g/mol. The zero-order chi connectivity index (χ0) is 12.3. The number of rotatable bonds is 3. The van der Waals surface area contributed by atoms with E-state index in [0.29, 0.717) is 12.1 Å². The van der Waals surface area contributed by atoms with E-state index in [1.54, 1.807) is 0 Å². The molecule has 0 amide bonds. The number of nitrogens with one attached hydrogen (secondary N) is 1. The van der Waals surface area contributed by atoms with Crippen LogP contribution in [-0.2, 0) is 6.61 Å². The van der Waals surface area contributed by atoms with Crippen LogP contribution in [-0.4, -0.2) is 35.7 Å². The summed E-state index contributed by atoms with van der Waals surface area (Å²) in [4.78, 5) is 2.41. The van der Waals surface area contributed by atoms with Crippen molar-refractivity contribution < 1.29 is 5.11 Å². The van der Waals surface area contributed by atoms with Crippen LogP contribution in [0.15, 0.2) is 24.3 Å². The van der Waals surface area contributed by atoms with Crippen molar-refractivity contribution in [1.82, 2.24) is 4.90 Å². The number of hydrogen-bond donors (Lipinski definition) is 2. The van der Waals surface area contributed by atoms with Crippen molar-refractivity contribution in [3.05, 3.63) is 29.8 Å². The number of aliphatic hydroxyl groups is 1. The Kier molecular flexibility index (Phi) is 4.02. The maximum Gasteiger partial charge on any atom is 0.0682 e. The highest BCUT2D eigenvalue weighted by Gasteiger charge is 2.22. The highest BCUT2D eigenvalue weighted by molar-refractivity contribution is 5.46. The minimum atomic E-state index is 0.110. The van der Waals surface area contributed by atoms with E-state index in [2.05, 4.69) is 30.3 Å². The molecule has 0 saturated carbocycles. The normalized spacial score (nSPS) is 25.8. The smallest absolute Gasteiger partial charge is 0.0682 e. The Bertz CT molecular complexity index is 367. The van der Waals surface area contributed by atoms with Gasteiger partial charge in [-0.05, 0) is 44.5 Å². The lowest BCUT2D eigenvalue weighted by atomic mass is 9.98. The van der Waals surface area contributed by atoms with Crippen LogP contribution in [0.2, 0.25) is 0 Å². The van der Waals surface area contributed by atoms with E-state index in [4.69, 9.17) is 5.11 Å². The Morgan fingerprint density at radius 2 is 2.29 bits per heavy atom. The zero-order valence-electron chi connectivity index (χ0n) is 10.7. The molecule has 1 aliphatic heterocycles. The van der Waals surface area contributed by atoms with E-state index in [1.165, 1.54) is 12.8 Å². The Morgan fingerprint density at radius 1 is 1.47 bits per heavy atom. The second-order valence-electron chi connectivity index (χ2n) is 5.05. The molecule has 2 N–H and O–H groups in total. The molecular formula is C14H22N2O. The molecule has 3 heteroatoms. The molecule has 0 aliphatic carbocycles. The van der Waals surface area contributed by atoms with Gasteiger partial charge in [-0.25, -0.2) is 0 Å². The first-order chi connectivity index (χ1) is 8.19. The highest BCUT2D eigenvalue weighted by atomic mass is 16.3. The number of nitrogens with zero attached hydrogens (tertiary/aromatic N) is 1. The van der Waals surface area contributed by atoms with Crippen molar-refractivity contribution >= 4 is 5.69 Å². The van der Waals surface area contributed by atoms with Crippen LogP contribution in [0.3, 0.4) is 0 Å². The van der Waals surface area contributed by atoms with Crippen LogP contribution in [0.1, 0.15) is 25.3 Å². The summed E-state index contributed by atoms with van der Waals surface area (Å²) < 4.78 is 0. The quantitative estimate of drug-likeness (QED) is 0.840. The van der Waals surface area contributed by atoms with Crippen molar-refractivity contribution in [1.29, 1.82) is 0 Å². The third-order valence-corrected chi connectivity index (χ3v) is 3.69. The number of aliphatic hydroxyl groups excluding tert-OH is 1. The molecule has 1 aromatic rings. The van der Waals surface area contributed by atoms with Crippen molar-refractivity contribution in [3.63, 3.8) is 0 Å².